The molecular formula is C13H24O. The van der Waals surface area contributed by atoms with Crippen LogP contribution < -0.4 is 0 Å². The smallest absolute Gasteiger partial charge is 0.0683 e. The van der Waals surface area contributed by atoms with Crippen molar-refractivity contribution in [1.82, 2.24) is 0 Å². The molecule has 2 rings (SSSR count). The summed E-state index contributed by atoms with van der Waals surface area (Å²) in [6.45, 7) is 11.6. The first kappa shape index (κ1) is 10.5. The topological polar surface area (TPSA) is 9.23 Å². The summed E-state index contributed by atoms with van der Waals surface area (Å²) in [7, 11) is 0. The monoisotopic (exact) mass is 196 g/mol. The van der Waals surface area contributed by atoms with E-state index in [4.69, 9.17) is 4.74 Å². The second kappa shape index (κ2) is 2.98. The normalized spacial score (nSPS) is 41.4. The van der Waals surface area contributed by atoms with Crippen molar-refractivity contribution in [2.45, 2.75) is 65.6 Å². The summed E-state index contributed by atoms with van der Waals surface area (Å²) in [5, 5.41) is 0. The molecule has 3 unspecified atom stereocenters. The van der Waals surface area contributed by atoms with E-state index in [-0.39, 0.29) is 5.60 Å². The maximum absolute atomic E-state index is 6.07. The summed E-state index contributed by atoms with van der Waals surface area (Å²) in [6, 6.07) is 0. The van der Waals surface area contributed by atoms with Crippen LogP contribution in [0.1, 0.15) is 53.9 Å². The van der Waals surface area contributed by atoms with E-state index < -0.39 is 0 Å². The second-order valence-electron chi connectivity index (χ2n) is 6.70. The molecule has 82 valence electrons. The van der Waals surface area contributed by atoms with Crippen LogP contribution in [-0.2, 0) is 4.74 Å². The summed E-state index contributed by atoms with van der Waals surface area (Å²) < 4.78 is 6.07. The molecule has 2 aliphatic rings. The Bertz CT molecular complexity index is 224. The summed E-state index contributed by atoms with van der Waals surface area (Å²) in [6.07, 6.45) is 4.69. The molecule has 0 bridgehead atoms. The zero-order valence-electron chi connectivity index (χ0n) is 10.3. The first-order valence-electron chi connectivity index (χ1n) is 6.00. The number of hydrogen-bond acceptors (Lipinski definition) is 1. The quantitative estimate of drug-likeness (QED) is 0.575. The van der Waals surface area contributed by atoms with Crippen molar-refractivity contribution in [3.05, 3.63) is 0 Å². The van der Waals surface area contributed by atoms with E-state index in [0.717, 1.165) is 11.8 Å². The summed E-state index contributed by atoms with van der Waals surface area (Å²) in [5.41, 5.74) is 0.578. The molecular weight excluding hydrogens is 172 g/mol. The Morgan fingerprint density at radius 1 is 1.14 bits per heavy atom. The van der Waals surface area contributed by atoms with Crippen molar-refractivity contribution in [2.24, 2.45) is 17.3 Å². The molecule has 0 amide bonds. The first-order valence-corrected chi connectivity index (χ1v) is 6.00. The molecule has 1 heterocycles. The van der Waals surface area contributed by atoms with Gasteiger partial charge in [-0.15, -0.1) is 0 Å². The van der Waals surface area contributed by atoms with Gasteiger partial charge in [0, 0.05) is 5.92 Å². The predicted molar refractivity (Wildman–Crippen MR) is 59.2 cm³/mol. The van der Waals surface area contributed by atoms with Crippen molar-refractivity contribution in [3.8, 4) is 0 Å². The lowest BCUT2D eigenvalue weighted by Gasteiger charge is -2.59. The predicted octanol–water partition coefficient (Wildman–Crippen LogP) is 3.63. The molecule has 1 saturated heterocycles. The highest BCUT2D eigenvalue weighted by Crippen LogP contribution is 2.53. The van der Waals surface area contributed by atoms with Crippen LogP contribution >= 0.6 is 0 Å². The molecule has 2 fully saturated rings. The molecule has 1 saturated carbocycles. The number of fused-ring (bicyclic) bond motifs is 1. The number of rotatable bonds is 0. The average Bonchev–Trinajstić information content (AvgIpc) is 2.00. The molecule has 0 aromatic carbocycles. The maximum Gasteiger partial charge on any atom is 0.0683 e. The van der Waals surface area contributed by atoms with Crippen LogP contribution in [0.15, 0.2) is 0 Å². The lowest BCUT2D eigenvalue weighted by molar-refractivity contribution is -0.285. The van der Waals surface area contributed by atoms with Gasteiger partial charge >= 0.3 is 0 Å². The van der Waals surface area contributed by atoms with Gasteiger partial charge in [0.1, 0.15) is 0 Å². The van der Waals surface area contributed by atoms with Crippen LogP contribution in [0.4, 0.5) is 0 Å². The van der Waals surface area contributed by atoms with Gasteiger partial charge in [0.25, 0.3) is 0 Å². The average molecular weight is 196 g/mol. The van der Waals surface area contributed by atoms with Crippen molar-refractivity contribution >= 4 is 0 Å². The Balaban J connectivity index is 2.10. The van der Waals surface area contributed by atoms with Gasteiger partial charge in [-0.25, -0.2) is 0 Å². The fourth-order valence-electron chi connectivity index (χ4n) is 3.37. The van der Waals surface area contributed by atoms with Crippen LogP contribution in [0.5, 0.6) is 0 Å². The molecule has 3 atom stereocenters. The van der Waals surface area contributed by atoms with Crippen LogP contribution in [0.25, 0.3) is 0 Å². The minimum absolute atomic E-state index is 0.161. The third-order valence-electron chi connectivity index (χ3n) is 4.27. The summed E-state index contributed by atoms with van der Waals surface area (Å²) >= 11 is 0. The third-order valence-corrected chi connectivity index (χ3v) is 4.27. The minimum atomic E-state index is 0.161. The van der Waals surface area contributed by atoms with Crippen molar-refractivity contribution in [1.29, 1.82) is 0 Å². The molecule has 1 nitrogen and oxygen atoms in total. The van der Waals surface area contributed by atoms with Crippen molar-refractivity contribution in [2.75, 3.05) is 0 Å². The third kappa shape index (κ3) is 1.50. The van der Waals surface area contributed by atoms with E-state index in [2.05, 4.69) is 34.6 Å². The van der Waals surface area contributed by atoms with Crippen molar-refractivity contribution < 1.29 is 4.74 Å². The standard InChI is InChI=1S/C13H24O/c1-12(2,3)9-7-6-8-10-11(9)14-13(10,4)5/h9-11H,6-8H2,1-5H3. The first-order chi connectivity index (χ1) is 6.32. The van der Waals surface area contributed by atoms with Gasteiger partial charge in [0.05, 0.1) is 11.7 Å². The highest BCUT2D eigenvalue weighted by atomic mass is 16.5. The minimum Gasteiger partial charge on any atom is -0.371 e. The van der Waals surface area contributed by atoms with Crippen LogP contribution in [0, 0.1) is 17.3 Å². The van der Waals surface area contributed by atoms with E-state index in [1.807, 2.05) is 0 Å². The highest BCUT2D eigenvalue weighted by molar-refractivity contribution is 5.03. The Kier molecular flexibility index (Phi) is 2.23. The van der Waals surface area contributed by atoms with E-state index >= 15 is 0 Å². The molecule has 1 aliphatic heterocycles. The van der Waals surface area contributed by atoms with Crippen LogP contribution in [-0.4, -0.2) is 11.7 Å². The highest BCUT2D eigenvalue weighted by Gasteiger charge is 2.55. The zero-order valence-corrected chi connectivity index (χ0v) is 10.3. The molecule has 0 aromatic heterocycles. The fourth-order valence-corrected chi connectivity index (χ4v) is 3.37. The SMILES string of the molecule is CC(C)(C)C1CCCC2C1OC2(C)C. The van der Waals surface area contributed by atoms with Crippen LogP contribution in [0.3, 0.4) is 0 Å². The molecule has 14 heavy (non-hydrogen) atoms. The Hall–Kier alpha value is -0.0400. The lowest BCUT2D eigenvalue weighted by Crippen LogP contribution is -2.62. The van der Waals surface area contributed by atoms with E-state index in [1.54, 1.807) is 0 Å². The fraction of sp³-hybridized carbons (Fsp3) is 1.00. The second-order valence-corrected chi connectivity index (χ2v) is 6.70. The van der Waals surface area contributed by atoms with Crippen molar-refractivity contribution in [3.63, 3.8) is 0 Å². The van der Waals surface area contributed by atoms with E-state index in [1.165, 1.54) is 19.3 Å². The Morgan fingerprint density at radius 2 is 1.79 bits per heavy atom. The molecule has 0 spiro atoms. The molecule has 0 N–H and O–H groups in total. The van der Waals surface area contributed by atoms with Gasteiger partial charge in [-0.2, -0.15) is 0 Å². The summed E-state index contributed by atoms with van der Waals surface area (Å²) in [5.74, 6) is 1.59. The molecule has 0 radical (unpaired) electrons. The van der Waals surface area contributed by atoms with Gasteiger partial charge in [-0.3, -0.25) is 0 Å². The molecule has 1 aliphatic carbocycles. The molecule has 1 heteroatoms. The molecule has 0 aromatic rings. The maximum atomic E-state index is 6.07. The van der Waals surface area contributed by atoms with Gasteiger partial charge < -0.3 is 4.74 Å². The zero-order chi connectivity index (χ0) is 10.6. The lowest BCUT2D eigenvalue weighted by atomic mass is 9.60. The largest absolute Gasteiger partial charge is 0.371 e. The van der Waals surface area contributed by atoms with E-state index in [9.17, 15) is 0 Å². The summed E-state index contributed by atoms with van der Waals surface area (Å²) in [4.78, 5) is 0. The van der Waals surface area contributed by atoms with Gasteiger partial charge in [0.2, 0.25) is 0 Å². The number of ether oxygens (including phenoxy) is 1. The Labute approximate surface area is 88.2 Å². The van der Waals surface area contributed by atoms with Gasteiger partial charge in [0.15, 0.2) is 0 Å². The Morgan fingerprint density at radius 3 is 2.29 bits per heavy atom. The van der Waals surface area contributed by atoms with E-state index in [0.29, 0.717) is 11.5 Å². The number of hydrogen-bond donors (Lipinski definition) is 0. The van der Waals surface area contributed by atoms with Gasteiger partial charge in [-0.05, 0) is 38.0 Å². The van der Waals surface area contributed by atoms with Crippen LogP contribution in [0.2, 0.25) is 0 Å². The van der Waals surface area contributed by atoms with Gasteiger partial charge in [-0.1, -0.05) is 27.2 Å².